The predicted octanol–water partition coefficient (Wildman–Crippen LogP) is 5.24. The van der Waals surface area contributed by atoms with E-state index in [0.29, 0.717) is 24.2 Å². The third-order valence-electron chi connectivity index (χ3n) is 7.77. The molecule has 0 aliphatic carbocycles. The number of amides is 1. The van der Waals surface area contributed by atoms with E-state index in [9.17, 15) is 4.79 Å². The molecular weight excluding hydrogens is 448 g/mol. The van der Waals surface area contributed by atoms with Gasteiger partial charge in [0.2, 0.25) is 5.88 Å². The number of likely N-dealkylation sites (tertiary alicyclic amines) is 2. The number of fused-ring (bicyclic) bond motifs is 1. The zero-order valence-corrected chi connectivity index (χ0v) is 22.0. The molecule has 0 saturated carbocycles. The topological polar surface area (TPSA) is 58.6 Å². The van der Waals surface area contributed by atoms with Gasteiger partial charge in [0.15, 0.2) is 0 Å². The van der Waals surface area contributed by atoms with Crippen LogP contribution in [-0.2, 0) is 0 Å². The highest BCUT2D eigenvalue weighted by Gasteiger charge is 2.43. The summed E-state index contributed by atoms with van der Waals surface area (Å²) in [6.07, 6.45) is 2.11. The Morgan fingerprint density at radius 3 is 2.50 bits per heavy atom. The van der Waals surface area contributed by atoms with Crippen molar-refractivity contribution in [3.63, 3.8) is 0 Å². The molecule has 2 aliphatic heterocycles. The van der Waals surface area contributed by atoms with Crippen molar-refractivity contribution in [2.45, 2.75) is 52.7 Å². The van der Waals surface area contributed by atoms with E-state index in [1.807, 2.05) is 49.1 Å². The number of hydrogen-bond donors (Lipinski definition) is 0. The first kappa shape index (κ1) is 24.4. The molecule has 3 unspecified atom stereocenters. The van der Waals surface area contributed by atoms with Gasteiger partial charge in [0.25, 0.3) is 5.91 Å². The molecule has 2 aliphatic rings. The fourth-order valence-corrected chi connectivity index (χ4v) is 5.98. The number of hydrogen-bond acceptors (Lipinski definition) is 5. The van der Waals surface area contributed by atoms with E-state index in [1.165, 1.54) is 11.1 Å². The fourth-order valence-electron chi connectivity index (χ4n) is 5.98. The van der Waals surface area contributed by atoms with E-state index in [1.54, 1.807) is 0 Å². The Balaban J connectivity index is 0.00000320. The fraction of sp³-hybridized carbons (Fsp3) is 0.433. The summed E-state index contributed by atoms with van der Waals surface area (Å²) < 4.78 is 6.66. The number of piperidine rings is 2. The van der Waals surface area contributed by atoms with Crippen LogP contribution in [0.1, 0.15) is 47.1 Å². The molecule has 1 amide bonds. The van der Waals surface area contributed by atoms with Gasteiger partial charge in [0.05, 0.1) is 12.2 Å². The Bertz CT molecular complexity index is 1260. The van der Waals surface area contributed by atoms with Crippen LogP contribution in [-0.4, -0.2) is 64.5 Å². The Morgan fingerprint density at radius 2 is 1.75 bits per heavy atom. The first-order valence-corrected chi connectivity index (χ1v) is 13.0. The number of carbonyl (C=O) groups is 1. The standard InChI is InChI=1S/C30H36N4O2.H2/c1-19-9-6-12-23(15-19)30(35)34-17-26-24(13-8-14-33(26)5)27(18-34)36-28-16-25(31-22(4)32-28)29-20(2)10-7-11-21(29)3;/h6-7,9-12,15-16,24,26-27H,8,13-14,17-18H2,1-5H3;1H. The third kappa shape index (κ3) is 4.87. The Labute approximate surface area is 215 Å². The molecule has 2 saturated heterocycles. The lowest BCUT2D eigenvalue weighted by Gasteiger charge is -2.49. The van der Waals surface area contributed by atoms with Crippen LogP contribution in [0.5, 0.6) is 5.88 Å². The van der Waals surface area contributed by atoms with Gasteiger partial charge >= 0.3 is 0 Å². The average molecular weight is 487 g/mol. The van der Waals surface area contributed by atoms with Crippen molar-refractivity contribution in [2.24, 2.45) is 5.92 Å². The van der Waals surface area contributed by atoms with Crippen molar-refractivity contribution in [2.75, 3.05) is 26.7 Å². The van der Waals surface area contributed by atoms with Gasteiger partial charge in [-0.1, -0.05) is 35.9 Å². The molecule has 3 heterocycles. The normalized spacial score (nSPS) is 22.2. The summed E-state index contributed by atoms with van der Waals surface area (Å²) in [5.74, 6) is 1.69. The Kier molecular flexibility index (Phi) is 6.80. The highest BCUT2D eigenvalue weighted by Crippen LogP contribution is 2.34. The second-order valence-corrected chi connectivity index (χ2v) is 10.5. The molecule has 5 rings (SSSR count). The zero-order chi connectivity index (χ0) is 25.4. The zero-order valence-electron chi connectivity index (χ0n) is 22.0. The highest BCUT2D eigenvalue weighted by atomic mass is 16.5. The smallest absolute Gasteiger partial charge is 0.254 e. The number of nitrogens with zero attached hydrogens (tertiary/aromatic N) is 4. The summed E-state index contributed by atoms with van der Waals surface area (Å²) in [5.41, 5.74) is 6.20. The number of likely N-dealkylation sites (N-methyl/N-ethyl adjacent to an activating group) is 1. The van der Waals surface area contributed by atoms with Crippen molar-refractivity contribution in [1.29, 1.82) is 0 Å². The lowest BCUT2D eigenvalue weighted by molar-refractivity contribution is -0.0356. The number of benzene rings is 2. The summed E-state index contributed by atoms with van der Waals surface area (Å²) in [7, 11) is 2.17. The van der Waals surface area contributed by atoms with Crippen LogP contribution in [0.15, 0.2) is 48.5 Å². The maximum Gasteiger partial charge on any atom is 0.254 e. The van der Waals surface area contributed by atoms with Crippen molar-refractivity contribution in [1.82, 2.24) is 19.8 Å². The number of ether oxygens (including phenoxy) is 1. The lowest BCUT2D eigenvalue weighted by atomic mass is 9.81. The van der Waals surface area contributed by atoms with Crippen LogP contribution in [0.25, 0.3) is 11.3 Å². The van der Waals surface area contributed by atoms with E-state index < -0.39 is 0 Å². The van der Waals surface area contributed by atoms with E-state index in [4.69, 9.17) is 9.72 Å². The first-order chi connectivity index (χ1) is 17.3. The molecule has 2 aromatic carbocycles. The number of carbonyl (C=O) groups excluding carboxylic acids is 1. The molecule has 2 fully saturated rings. The van der Waals surface area contributed by atoms with Crippen LogP contribution in [0.4, 0.5) is 0 Å². The lowest BCUT2D eigenvalue weighted by Crippen LogP contribution is -2.62. The molecule has 190 valence electrons. The van der Waals surface area contributed by atoms with Gasteiger partial charge < -0.3 is 14.5 Å². The minimum absolute atomic E-state index is 0. The summed E-state index contributed by atoms with van der Waals surface area (Å²) in [4.78, 5) is 27.3. The summed E-state index contributed by atoms with van der Waals surface area (Å²) >= 11 is 0. The predicted molar refractivity (Wildman–Crippen MR) is 144 cm³/mol. The summed E-state index contributed by atoms with van der Waals surface area (Å²) in [5, 5.41) is 0. The maximum atomic E-state index is 13.5. The quantitative estimate of drug-likeness (QED) is 0.505. The number of rotatable bonds is 4. The van der Waals surface area contributed by atoms with Crippen LogP contribution in [0, 0.1) is 33.6 Å². The van der Waals surface area contributed by atoms with Gasteiger partial charge in [-0.3, -0.25) is 4.79 Å². The molecule has 0 radical (unpaired) electrons. The number of aromatic nitrogens is 2. The Morgan fingerprint density at radius 1 is 1.00 bits per heavy atom. The number of aryl methyl sites for hydroxylation is 4. The van der Waals surface area contributed by atoms with Crippen molar-refractivity contribution in [3.8, 4) is 17.1 Å². The van der Waals surface area contributed by atoms with E-state index in [0.717, 1.165) is 48.3 Å². The average Bonchev–Trinajstić information content (AvgIpc) is 2.83. The molecular formula is C30H38N4O2. The summed E-state index contributed by atoms with van der Waals surface area (Å²) in [6.45, 7) is 10.5. The molecule has 36 heavy (non-hydrogen) atoms. The van der Waals surface area contributed by atoms with Crippen molar-refractivity contribution >= 4 is 5.91 Å². The second kappa shape index (κ2) is 10.0. The maximum absolute atomic E-state index is 13.5. The van der Waals surface area contributed by atoms with Crippen molar-refractivity contribution in [3.05, 3.63) is 76.6 Å². The monoisotopic (exact) mass is 486 g/mol. The van der Waals surface area contributed by atoms with Gasteiger partial charge in [0.1, 0.15) is 11.9 Å². The van der Waals surface area contributed by atoms with Gasteiger partial charge in [-0.2, -0.15) is 4.98 Å². The Hall–Kier alpha value is -3.25. The molecule has 6 nitrogen and oxygen atoms in total. The van der Waals surface area contributed by atoms with E-state index in [-0.39, 0.29) is 19.5 Å². The van der Waals surface area contributed by atoms with Crippen LogP contribution in [0.2, 0.25) is 0 Å². The largest absolute Gasteiger partial charge is 0.472 e. The molecule has 6 heteroatoms. The van der Waals surface area contributed by atoms with Crippen LogP contribution >= 0.6 is 0 Å². The molecule has 3 aromatic rings. The molecule has 3 atom stereocenters. The molecule has 1 aromatic heterocycles. The van der Waals surface area contributed by atoms with Crippen LogP contribution < -0.4 is 4.74 Å². The van der Waals surface area contributed by atoms with Crippen molar-refractivity contribution < 1.29 is 11.0 Å². The van der Waals surface area contributed by atoms with E-state index in [2.05, 4.69) is 49.0 Å². The summed E-state index contributed by atoms with van der Waals surface area (Å²) in [6, 6.07) is 16.4. The molecule has 0 N–H and O–H groups in total. The van der Waals surface area contributed by atoms with Gasteiger partial charge in [0, 0.05) is 37.1 Å². The molecule has 0 bridgehead atoms. The van der Waals surface area contributed by atoms with Gasteiger partial charge in [-0.05, 0) is 77.4 Å². The highest BCUT2D eigenvalue weighted by molar-refractivity contribution is 5.94. The van der Waals surface area contributed by atoms with Gasteiger partial charge in [-0.15, -0.1) is 0 Å². The van der Waals surface area contributed by atoms with Crippen LogP contribution in [0.3, 0.4) is 0 Å². The van der Waals surface area contributed by atoms with E-state index >= 15 is 0 Å². The first-order valence-electron chi connectivity index (χ1n) is 13.0. The second-order valence-electron chi connectivity index (χ2n) is 10.5. The molecule has 0 spiro atoms. The SMILES string of the molecule is Cc1cccc(C(=O)N2CC(Oc3cc(-c4c(C)cccc4C)nc(C)n3)C3CCCN(C)C3C2)c1.[HH]. The minimum Gasteiger partial charge on any atom is -0.472 e. The minimum atomic E-state index is -0.125. The third-order valence-corrected chi connectivity index (χ3v) is 7.77. The van der Waals surface area contributed by atoms with Gasteiger partial charge in [-0.25, -0.2) is 4.98 Å².